The molecule has 1 N–H and O–H groups in total. The number of hydrogen-bond acceptors (Lipinski definition) is 4. The summed E-state index contributed by atoms with van der Waals surface area (Å²) in [6.45, 7) is 12.6. The van der Waals surface area contributed by atoms with Gasteiger partial charge >= 0.3 is 5.69 Å². The molecule has 132 valence electrons. The van der Waals surface area contributed by atoms with E-state index in [1.54, 1.807) is 6.92 Å². The molecule has 0 aliphatic heterocycles. The molecule has 2 rings (SSSR count). The number of H-pyrrole nitrogens is 1. The molecule has 1 heterocycles. The molecule has 0 unspecified atom stereocenters. The third-order valence-corrected chi connectivity index (χ3v) is 9.56. The number of rotatable bonds is 4. The van der Waals surface area contributed by atoms with Crippen molar-refractivity contribution < 1.29 is 9.22 Å². The van der Waals surface area contributed by atoms with E-state index in [2.05, 4.69) is 38.8 Å². The molecule has 0 saturated heterocycles. The SMILES string of the molecule is Cc1cn([C@H]2CC=C(CO[Si](C)(C)C(C)(C)C)C2=O)c(=O)[nH]c1=O. The second-order valence-corrected chi connectivity index (χ2v) is 12.7. The van der Waals surface area contributed by atoms with Crippen molar-refractivity contribution >= 4 is 14.1 Å². The molecule has 6 nitrogen and oxygen atoms in total. The predicted molar refractivity (Wildman–Crippen MR) is 96.0 cm³/mol. The van der Waals surface area contributed by atoms with Crippen LogP contribution in [0, 0.1) is 6.92 Å². The van der Waals surface area contributed by atoms with Crippen LogP contribution in [-0.4, -0.2) is 30.3 Å². The van der Waals surface area contributed by atoms with Gasteiger partial charge in [0, 0.05) is 17.3 Å². The average Bonchev–Trinajstić information content (AvgIpc) is 2.81. The normalized spacial score (nSPS) is 18.8. The van der Waals surface area contributed by atoms with Gasteiger partial charge in [0.2, 0.25) is 0 Å². The smallest absolute Gasteiger partial charge is 0.329 e. The van der Waals surface area contributed by atoms with Crippen LogP contribution in [0.25, 0.3) is 0 Å². The number of aromatic amines is 1. The largest absolute Gasteiger partial charge is 0.412 e. The molecule has 1 aromatic rings. The summed E-state index contributed by atoms with van der Waals surface area (Å²) in [7, 11) is -1.94. The zero-order valence-electron chi connectivity index (χ0n) is 15.2. The zero-order chi connectivity index (χ0) is 18.3. The first-order chi connectivity index (χ1) is 10.9. The van der Waals surface area contributed by atoms with Gasteiger partial charge in [-0.25, -0.2) is 4.79 Å². The van der Waals surface area contributed by atoms with Gasteiger partial charge in [-0.3, -0.25) is 19.1 Å². The topological polar surface area (TPSA) is 81.2 Å². The van der Waals surface area contributed by atoms with Crippen LogP contribution in [0.5, 0.6) is 0 Å². The number of aromatic nitrogens is 2. The summed E-state index contributed by atoms with van der Waals surface area (Å²) < 4.78 is 7.42. The summed E-state index contributed by atoms with van der Waals surface area (Å²) in [6.07, 6.45) is 3.74. The third kappa shape index (κ3) is 3.51. The Labute approximate surface area is 142 Å². The highest BCUT2D eigenvalue weighted by Gasteiger charge is 2.38. The van der Waals surface area contributed by atoms with Crippen LogP contribution >= 0.6 is 0 Å². The van der Waals surface area contributed by atoms with E-state index in [4.69, 9.17) is 4.43 Å². The lowest BCUT2D eigenvalue weighted by Crippen LogP contribution is -2.41. The van der Waals surface area contributed by atoms with Crippen LogP contribution in [0.3, 0.4) is 0 Å². The van der Waals surface area contributed by atoms with Crippen LogP contribution in [0.1, 0.15) is 38.8 Å². The lowest BCUT2D eigenvalue weighted by Gasteiger charge is -2.36. The fourth-order valence-electron chi connectivity index (χ4n) is 2.34. The maximum Gasteiger partial charge on any atom is 0.329 e. The Morgan fingerprint density at radius 2 is 1.92 bits per heavy atom. The zero-order valence-corrected chi connectivity index (χ0v) is 16.2. The summed E-state index contributed by atoms with van der Waals surface area (Å²) in [5.41, 5.74) is 0.0500. The first kappa shape index (κ1) is 18.6. The lowest BCUT2D eigenvalue weighted by atomic mass is 10.1. The van der Waals surface area contributed by atoms with Gasteiger partial charge in [0.1, 0.15) is 6.04 Å². The summed E-state index contributed by atoms with van der Waals surface area (Å²) in [5.74, 6) is -0.109. The number of aryl methyl sites for hydroxylation is 1. The molecule has 0 amide bonds. The Morgan fingerprint density at radius 3 is 2.50 bits per heavy atom. The second kappa shape index (κ2) is 6.29. The van der Waals surface area contributed by atoms with E-state index in [9.17, 15) is 14.4 Å². The van der Waals surface area contributed by atoms with Crippen LogP contribution in [0.4, 0.5) is 0 Å². The fraction of sp³-hybridized carbons (Fsp3) is 0.588. The van der Waals surface area contributed by atoms with Crippen LogP contribution in [0.2, 0.25) is 18.1 Å². The van der Waals surface area contributed by atoms with Crippen molar-refractivity contribution in [3.05, 3.63) is 44.2 Å². The Bertz CT molecular complexity index is 796. The Hall–Kier alpha value is -1.73. The van der Waals surface area contributed by atoms with Crippen LogP contribution in [0.15, 0.2) is 27.4 Å². The van der Waals surface area contributed by atoms with Gasteiger partial charge in [-0.15, -0.1) is 0 Å². The quantitative estimate of drug-likeness (QED) is 0.845. The van der Waals surface area contributed by atoms with E-state index in [1.807, 2.05) is 6.08 Å². The molecule has 24 heavy (non-hydrogen) atoms. The minimum absolute atomic E-state index is 0.0710. The molecule has 1 atom stereocenters. The summed E-state index contributed by atoms with van der Waals surface area (Å²) in [5, 5.41) is 0.0710. The molecular weight excluding hydrogens is 324 g/mol. The molecule has 1 aliphatic rings. The van der Waals surface area contributed by atoms with E-state index >= 15 is 0 Å². The fourth-order valence-corrected chi connectivity index (χ4v) is 3.29. The van der Waals surface area contributed by atoms with Gasteiger partial charge in [-0.05, 0) is 31.5 Å². The van der Waals surface area contributed by atoms with E-state index < -0.39 is 25.6 Å². The first-order valence-corrected chi connectivity index (χ1v) is 11.0. The Morgan fingerprint density at radius 1 is 1.29 bits per heavy atom. The monoisotopic (exact) mass is 350 g/mol. The van der Waals surface area contributed by atoms with E-state index in [1.165, 1.54) is 10.8 Å². The highest BCUT2D eigenvalue weighted by Crippen LogP contribution is 2.37. The van der Waals surface area contributed by atoms with Crippen LogP contribution in [-0.2, 0) is 9.22 Å². The number of nitrogens with one attached hydrogen (secondary N) is 1. The Kier molecular flexibility index (Phi) is 4.88. The number of hydrogen-bond donors (Lipinski definition) is 1. The van der Waals surface area contributed by atoms with Gasteiger partial charge in [0.05, 0.1) is 6.61 Å². The molecular formula is C17H26N2O4Si. The van der Waals surface area contributed by atoms with Crippen molar-refractivity contribution in [2.75, 3.05) is 6.61 Å². The van der Waals surface area contributed by atoms with Crippen LogP contribution < -0.4 is 11.2 Å². The summed E-state index contributed by atoms with van der Waals surface area (Å²) in [6, 6.07) is -0.592. The molecule has 0 aromatic carbocycles. The van der Waals surface area contributed by atoms with Crippen molar-refractivity contribution in [3.63, 3.8) is 0 Å². The van der Waals surface area contributed by atoms with Crippen molar-refractivity contribution in [3.8, 4) is 0 Å². The maximum absolute atomic E-state index is 12.6. The minimum atomic E-state index is -1.94. The molecule has 7 heteroatoms. The highest BCUT2D eigenvalue weighted by molar-refractivity contribution is 6.74. The molecule has 1 aromatic heterocycles. The van der Waals surface area contributed by atoms with Gasteiger partial charge in [0.25, 0.3) is 5.56 Å². The van der Waals surface area contributed by atoms with Gasteiger partial charge < -0.3 is 4.43 Å². The highest BCUT2D eigenvalue weighted by atomic mass is 28.4. The number of ketones is 1. The summed E-state index contributed by atoms with van der Waals surface area (Å²) in [4.78, 5) is 38.3. The number of nitrogens with zero attached hydrogens (tertiary/aromatic N) is 1. The van der Waals surface area contributed by atoms with Gasteiger partial charge in [0.15, 0.2) is 14.1 Å². The number of allylic oxidation sites excluding steroid dienone is 1. The minimum Gasteiger partial charge on any atom is -0.412 e. The molecule has 1 aliphatic carbocycles. The molecule has 0 saturated carbocycles. The number of carbonyl (C=O) groups is 1. The Balaban J connectivity index is 2.15. The van der Waals surface area contributed by atoms with Crippen molar-refractivity contribution in [1.29, 1.82) is 0 Å². The number of Topliss-reactive ketones (excluding diaryl/α,β-unsaturated/α-hetero) is 1. The standard InChI is InChI=1S/C17H26N2O4Si/c1-11-9-19(16(22)18-15(11)21)13-8-7-12(14(13)20)10-23-24(5,6)17(2,3)4/h7,9,13H,8,10H2,1-6H3,(H,18,21,22)/t13-/m0/s1. The molecule has 0 radical (unpaired) electrons. The van der Waals surface area contributed by atoms with E-state index in [0.717, 1.165) is 0 Å². The second-order valence-electron chi connectivity index (χ2n) is 7.87. The van der Waals surface area contributed by atoms with Gasteiger partial charge in [-0.1, -0.05) is 26.8 Å². The van der Waals surface area contributed by atoms with Gasteiger partial charge in [-0.2, -0.15) is 0 Å². The van der Waals surface area contributed by atoms with Crippen molar-refractivity contribution in [2.24, 2.45) is 0 Å². The molecule has 0 fully saturated rings. The van der Waals surface area contributed by atoms with Crippen molar-refractivity contribution in [2.45, 2.75) is 58.3 Å². The number of carbonyl (C=O) groups excluding carboxylic acids is 1. The lowest BCUT2D eigenvalue weighted by molar-refractivity contribution is -0.118. The summed E-state index contributed by atoms with van der Waals surface area (Å²) >= 11 is 0. The van der Waals surface area contributed by atoms with E-state index in [0.29, 0.717) is 17.6 Å². The van der Waals surface area contributed by atoms with E-state index in [-0.39, 0.29) is 17.4 Å². The molecule has 0 spiro atoms. The molecule has 0 bridgehead atoms. The maximum atomic E-state index is 12.6. The third-order valence-electron chi connectivity index (χ3n) is 5.08. The van der Waals surface area contributed by atoms with Crippen molar-refractivity contribution in [1.82, 2.24) is 9.55 Å². The first-order valence-electron chi connectivity index (χ1n) is 8.13. The average molecular weight is 350 g/mol. The predicted octanol–water partition coefficient (Wildman–Crippen LogP) is 2.31.